The van der Waals surface area contributed by atoms with E-state index in [0.29, 0.717) is 5.92 Å². The summed E-state index contributed by atoms with van der Waals surface area (Å²) in [5.41, 5.74) is 1.03. The summed E-state index contributed by atoms with van der Waals surface area (Å²) in [6.07, 6.45) is 0.958. The van der Waals surface area contributed by atoms with E-state index in [0.717, 1.165) is 24.1 Å². The van der Waals surface area contributed by atoms with Crippen molar-refractivity contribution in [2.75, 3.05) is 4.72 Å². The third-order valence-electron chi connectivity index (χ3n) is 3.54. The lowest BCUT2D eigenvalue weighted by Crippen LogP contribution is -2.13. The largest absolute Gasteiger partial charge is 0.280 e. The normalized spacial score (nSPS) is 12.9. The molecule has 1 N–H and O–H groups in total. The van der Waals surface area contributed by atoms with E-state index in [2.05, 4.69) is 18.6 Å². The van der Waals surface area contributed by atoms with Crippen LogP contribution in [0.5, 0.6) is 0 Å². The van der Waals surface area contributed by atoms with Crippen molar-refractivity contribution in [1.82, 2.24) is 0 Å². The molecule has 6 heteroatoms. The Hall–Kier alpha value is -1.95. The zero-order chi connectivity index (χ0) is 16.3. The molecule has 2 aromatic carbocycles. The summed E-state index contributed by atoms with van der Waals surface area (Å²) in [5, 5.41) is 0. The zero-order valence-electron chi connectivity index (χ0n) is 12.3. The van der Waals surface area contributed by atoms with Gasteiger partial charge in [0.1, 0.15) is 0 Å². The van der Waals surface area contributed by atoms with Gasteiger partial charge in [-0.1, -0.05) is 26.0 Å². The first-order valence-corrected chi connectivity index (χ1v) is 8.39. The lowest BCUT2D eigenvalue weighted by atomic mass is 9.99. The van der Waals surface area contributed by atoms with Crippen LogP contribution in [-0.2, 0) is 10.0 Å². The van der Waals surface area contributed by atoms with Gasteiger partial charge in [-0.3, -0.25) is 4.72 Å². The van der Waals surface area contributed by atoms with E-state index in [4.69, 9.17) is 0 Å². The van der Waals surface area contributed by atoms with E-state index in [1.807, 2.05) is 0 Å². The highest BCUT2D eigenvalue weighted by Gasteiger charge is 2.15. The highest BCUT2D eigenvalue weighted by Crippen LogP contribution is 2.22. The molecule has 0 aromatic heterocycles. The Bertz CT molecular complexity index is 758. The summed E-state index contributed by atoms with van der Waals surface area (Å²) in [6, 6.07) is 9.37. The van der Waals surface area contributed by atoms with Crippen LogP contribution in [0.25, 0.3) is 0 Å². The van der Waals surface area contributed by atoms with Crippen LogP contribution in [0.3, 0.4) is 0 Å². The lowest BCUT2D eigenvalue weighted by molar-refractivity contribution is 0.509. The van der Waals surface area contributed by atoms with E-state index >= 15 is 0 Å². The SMILES string of the molecule is CCC(C)c1ccc(S(=O)(=O)Nc2ccc(F)c(F)c2)cc1. The van der Waals surface area contributed by atoms with Crippen molar-refractivity contribution >= 4 is 15.7 Å². The molecule has 0 saturated carbocycles. The first kappa shape index (κ1) is 16.4. The molecule has 0 aliphatic carbocycles. The molecule has 118 valence electrons. The van der Waals surface area contributed by atoms with Crippen molar-refractivity contribution in [3.63, 3.8) is 0 Å². The summed E-state index contributed by atoms with van der Waals surface area (Å²) in [4.78, 5) is 0.0734. The number of hydrogen-bond acceptors (Lipinski definition) is 2. The molecule has 0 heterocycles. The van der Waals surface area contributed by atoms with E-state index in [-0.39, 0.29) is 10.6 Å². The second-order valence-corrected chi connectivity index (χ2v) is 6.80. The first-order chi connectivity index (χ1) is 10.3. The van der Waals surface area contributed by atoms with Crippen LogP contribution in [0.15, 0.2) is 47.4 Å². The van der Waals surface area contributed by atoms with Crippen LogP contribution < -0.4 is 4.72 Å². The second-order valence-electron chi connectivity index (χ2n) is 5.11. The maximum atomic E-state index is 13.1. The van der Waals surface area contributed by atoms with Gasteiger partial charge in [0.15, 0.2) is 11.6 Å². The smallest absolute Gasteiger partial charge is 0.261 e. The topological polar surface area (TPSA) is 46.2 Å². The fourth-order valence-corrected chi connectivity index (χ4v) is 3.03. The molecule has 0 fully saturated rings. The van der Waals surface area contributed by atoms with Crippen LogP contribution >= 0.6 is 0 Å². The van der Waals surface area contributed by atoms with Crippen LogP contribution in [0.4, 0.5) is 14.5 Å². The molecule has 2 rings (SSSR count). The molecule has 2 aromatic rings. The van der Waals surface area contributed by atoms with Gasteiger partial charge in [0.2, 0.25) is 0 Å². The molecule has 0 amide bonds. The van der Waals surface area contributed by atoms with Crippen molar-refractivity contribution in [1.29, 1.82) is 0 Å². The minimum Gasteiger partial charge on any atom is -0.280 e. The highest BCUT2D eigenvalue weighted by molar-refractivity contribution is 7.92. The maximum Gasteiger partial charge on any atom is 0.261 e. The monoisotopic (exact) mass is 325 g/mol. The fourth-order valence-electron chi connectivity index (χ4n) is 1.98. The van der Waals surface area contributed by atoms with Crippen LogP contribution in [-0.4, -0.2) is 8.42 Å². The second kappa shape index (κ2) is 6.44. The van der Waals surface area contributed by atoms with Crippen molar-refractivity contribution in [2.45, 2.75) is 31.1 Å². The molecule has 0 aliphatic heterocycles. The number of nitrogens with one attached hydrogen (secondary N) is 1. The maximum absolute atomic E-state index is 13.1. The lowest BCUT2D eigenvalue weighted by Gasteiger charge is -2.11. The number of benzene rings is 2. The van der Waals surface area contributed by atoms with Crippen molar-refractivity contribution < 1.29 is 17.2 Å². The standard InChI is InChI=1S/C16H17F2NO2S/c1-3-11(2)12-4-7-14(8-5-12)22(20,21)19-13-6-9-15(17)16(18)10-13/h4-11,19H,3H2,1-2H3. The molecular weight excluding hydrogens is 308 g/mol. The Morgan fingerprint density at radius 1 is 1.05 bits per heavy atom. The number of halogens is 2. The summed E-state index contributed by atoms with van der Waals surface area (Å²) < 4.78 is 52.7. The van der Waals surface area contributed by atoms with Gasteiger partial charge in [-0.2, -0.15) is 0 Å². The van der Waals surface area contributed by atoms with Crippen molar-refractivity contribution in [3.05, 3.63) is 59.7 Å². The fraction of sp³-hybridized carbons (Fsp3) is 0.250. The Labute approximate surface area is 129 Å². The quantitative estimate of drug-likeness (QED) is 0.892. The van der Waals surface area contributed by atoms with E-state index in [1.54, 1.807) is 12.1 Å². The van der Waals surface area contributed by atoms with Crippen molar-refractivity contribution in [2.24, 2.45) is 0 Å². The average Bonchev–Trinajstić information content (AvgIpc) is 2.50. The number of hydrogen-bond donors (Lipinski definition) is 1. The number of anilines is 1. The minimum atomic E-state index is -3.83. The van der Waals surface area contributed by atoms with Gasteiger partial charge in [-0.25, -0.2) is 17.2 Å². The zero-order valence-corrected chi connectivity index (χ0v) is 13.1. The Morgan fingerprint density at radius 3 is 2.23 bits per heavy atom. The summed E-state index contributed by atoms with van der Waals surface area (Å²) in [6.45, 7) is 4.11. The molecule has 0 spiro atoms. The molecule has 0 saturated heterocycles. The Morgan fingerprint density at radius 2 is 1.68 bits per heavy atom. The average molecular weight is 325 g/mol. The molecule has 0 bridgehead atoms. The third-order valence-corrected chi connectivity index (χ3v) is 4.94. The molecule has 1 unspecified atom stereocenters. The van der Waals surface area contributed by atoms with Gasteiger partial charge in [-0.05, 0) is 42.2 Å². The molecule has 0 aliphatic rings. The van der Waals surface area contributed by atoms with E-state index in [9.17, 15) is 17.2 Å². The molecular formula is C16H17F2NO2S. The Balaban J connectivity index is 2.24. The first-order valence-electron chi connectivity index (χ1n) is 6.91. The van der Waals surface area contributed by atoms with Gasteiger partial charge in [0, 0.05) is 6.07 Å². The molecule has 1 atom stereocenters. The number of rotatable bonds is 5. The molecule has 3 nitrogen and oxygen atoms in total. The summed E-state index contributed by atoms with van der Waals surface area (Å²) in [5.74, 6) is -1.79. The van der Waals surface area contributed by atoms with Gasteiger partial charge in [-0.15, -0.1) is 0 Å². The van der Waals surface area contributed by atoms with Gasteiger partial charge in [0.05, 0.1) is 10.6 Å². The van der Waals surface area contributed by atoms with Gasteiger partial charge < -0.3 is 0 Å². The number of sulfonamides is 1. The molecule has 22 heavy (non-hydrogen) atoms. The van der Waals surface area contributed by atoms with Crippen molar-refractivity contribution in [3.8, 4) is 0 Å². The summed E-state index contributed by atoms with van der Waals surface area (Å²) in [7, 11) is -3.83. The highest BCUT2D eigenvalue weighted by atomic mass is 32.2. The summed E-state index contributed by atoms with van der Waals surface area (Å²) >= 11 is 0. The van der Waals surface area contributed by atoms with Gasteiger partial charge >= 0.3 is 0 Å². The van der Waals surface area contributed by atoms with Crippen LogP contribution in [0, 0.1) is 11.6 Å². The third kappa shape index (κ3) is 3.62. The van der Waals surface area contributed by atoms with Gasteiger partial charge in [0.25, 0.3) is 10.0 Å². The van der Waals surface area contributed by atoms with E-state index in [1.165, 1.54) is 18.2 Å². The predicted molar refractivity (Wildman–Crippen MR) is 82.3 cm³/mol. The molecule has 0 radical (unpaired) electrons. The Kier molecular flexibility index (Phi) is 4.81. The predicted octanol–water partition coefficient (Wildman–Crippen LogP) is 4.28. The van der Waals surface area contributed by atoms with E-state index < -0.39 is 21.7 Å². The van der Waals surface area contributed by atoms with Crippen LogP contribution in [0.1, 0.15) is 31.7 Å². The minimum absolute atomic E-state index is 0.0232. The van der Waals surface area contributed by atoms with Crippen LogP contribution in [0.2, 0.25) is 0 Å².